The fraction of sp³-hybridized carbons (Fsp3) is 0.0492. The molecule has 0 fully saturated rings. The Morgan fingerprint density at radius 2 is 0.742 bits per heavy atom. The van der Waals surface area contributed by atoms with Crippen molar-refractivity contribution < 1.29 is 0 Å². The summed E-state index contributed by atoms with van der Waals surface area (Å²) < 4.78 is 0. The van der Waals surface area contributed by atoms with Crippen LogP contribution >= 0.6 is 0 Å². The second-order valence-electron chi connectivity index (χ2n) is 16.9. The zero-order valence-electron chi connectivity index (χ0n) is 35.0. The SMILES string of the molecule is CC1(C)c2ccccc2-c2ccc(-c3ccc(N(c4ccccc4-c4cccc(-c5ccccc5)c4)c4ccccc4-c4cccc(-c5cccc6ccccc56)c4)cc3)cc21. The van der Waals surface area contributed by atoms with E-state index in [2.05, 4.69) is 255 Å². The molecule has 10 aromatic rings. The number of rotatable bonds is 8. The van der Waals surface area contributed by atoms with E-state index in [1.807, 2.05) is 0 Å². The lowest BCUT2D eigenvalue weighted by molar-refractivity contribution is 0.660. The number of fused-ring (bicyclic) bond motifs is 4. The molecule has 0 N–H and O–H groups in total. The van der Waals surface area contributed by atoms with E-state index in [4.69, 9.17) is 0 Å². The highest BCUT2D eigenvalue weighted by molar-refractivity contribution is 5.99. The van der Waals surface area contributed by atoms with Crippen LogP contribution in [-0.4, -0.2) is 0 Å². The van der Waals surface area contributed by atoms with Crippen molar-refractivity contribution in [1.29, 1.82) is 0 Å². The van der Waals surface area contributed by atoms with Crippen molar-refractivity contribution in [1.82, 2.24) is 0 Å². The summed E-state index contributed by atoms with van der Waals surface area (Å²) in [6.45, 7) is 4.70. The summed E-state index contributed by atoms with van der Waals surface area (Å²) in [5, 5.41) is 2.50. The van der Waals surface area contributed by atoms with E-state index in [-0.39, 0.29) is 5.41 Å². The Morgan fingerprint density at radius 3 is 1.47 bits per heavy atom. The van der Waals surface area contributed by atoms with Gasteiger partial charge in [0.2, 0.25) is 0 Å². The molecule has 1 aliphatic carbocycles. The van der Waals surface area contributed by atoms with Gasteiger partial charge >= 0.3 is 0 Å². The Balaban J connectivity index is 1.06. The highest BCUT2D eigenvalue weighted by Crippen LogP contribution is 2.50. The van der Waals surface area contributed by atoms with E-state index in [9.17, 15) is 0 Å². The Kier molecular flexibility index (Phi) is 9.24. The second kappa shape index (κ2) is 15.4. The first-order chi connectivity index (χ1) is 30.5. The van der Waals surface area contributed by atoms with Crippen LogP contribution in [0.15, 0.2) is 237 Å². The molecule has 62 heavy (non-hydrogen) atoms. The van der Waals surface area contributed by atoms with Gasteiger partial charge in [0.05, 0.1) is 11.4 Å². The number of nitrogens with zero attached hydrogens (tertiary/aromatic N) is 1. The third-order valence-corrected chi connectivity index (χ3v) is 12.9. The molecule has 1 aliphatic rings. The Labute approximate surface area is 364 Å². The monoisotopic (exact) mass is 791 g/mol. The van der Waals surface area contributed by atoms with E-state index < -0.39 is 0 Å². The predicted octanol–water partition coefficient (Wildman–Crippen LogP) is 17.0. The van der Waals surface area contributed by atoms with Crippen molar-refractivity contribution in [3.8, 4) is 66.8 Å². The average molecular weight is 792 g/mol. The van der Waals surface area contributed by atoms with Crippen LogP contribution in [0.25, 0.3) is 77.5 Å². The zero-order valence-corrected chi connectivity index (χ0v) is 35.0. The molecule has 0 aliphatic heterocycles. The molecule has 1 nitrogen and oxygen atoms in total. The predicted molar refractivity (Wildman–Crippen MR) is 263 cm³/mol. The zero-order chi connectivity index (χ0) is 41.6. The lowest BCUT2D eigenvalue weighted by Gasteiger charge is -2.30. The first kappa shape index (κ1) is 37.3. The molecule has 0 heterocycles. The molecule has 0 radical (unpaired) electrons. The smallest absolute Gasteiger partial charge is 0.0540 e. The fourth-order valence-electron chi connectivity index (χ4n) is 9.75. The normalized spacial score (nSPS) is 12.5. The van der Waals surface area contributed by atoms with Crippen LogP contribution in [0, 0.1) is 0 Å². The van der Waals surface area contributed by atoms with Gasteiger partial charge in [-0.1, -0.05) is 208 Å². The van der Waals surface area contributed by atoms with Gasteiger partial charge in [-0.25, -0.2) is 0 Å². The summed E-state index contributed by atoms with van der Waals surface area (Å²) in [4.78, 5) is 2.46. The Bertz CT molecular complexity index is 3260. The quantitative estimate of drug-likeness (QED) is 0.148. The van der Waals surface area contributed by atoms with Crippen LogP contribution in [0.3, 0.4) is 0 Å². The van der Waals surface area contributed by atoms with Crippen LogP contribution in [0.1, 0.15) is 25.0 Å². The summed E-state index contributed by atoms with van der Waals surface area (Å²) in [7, 11) is 0. The molecule has 1 heteroatoms. The highest BCUT2D eigenvalue weighted by Gasteiger charge is 2.35. The minimum atomic E-state index is -0.0607. The number of benzene rings is 10. The summed E-state index contributed by atoms with van der Waals surface area (Å²) in [6, 6.07) is 86.6. The molecular weight excluding hydrogens is 747 g/mol. The number of hydrogen-bond donors (Lipinski definition) is 0. The van der Waals surface area contributed by atoms with E-state index in [0.717, 1.165) is 33.8 Å². The van der Waals surface area contributed by atoms with Gasteiger partial charge < -0.3 is 4.90 Å². The lowest BCUT2D eigenvalue weighted by atomic mass is 9.81. The van der Waals surface area contributed by atoms with Crippen molar-refractivity contribution in [2.24, 2.45) is 0 Å². The molecule has 0 saturated carbocycles. The van der Waals surface area contributed by atoms with Crippen molar-refractivity contribution in [2.45, 2.75) is 19.3 Å². The van der Waals surface area contributed by atoms with Crippen LogP contribution in [0.4, 0.5) is 17.1 Å². The van der Waals surface area contributed by atoms with Gasteiger partial charge in [-0.15, -0.1) is 0 Å². The van der Waals surface area contributed by atoms with Crippen LogP contribution < -0.4 is 4.90 Å². The van der Waals surface area contributed by atoms with Crippen LogP contribution in [0.5, 0.6) is 0 Å². The Morgan fingerprint density at radius 1 is 0.290 bits per heavy atom. The number of anilines is 3. The van der Waals surface area contributed by atoms with Gasteiger partial charge in [-0.3, -0.25) is 0 Å². The third-order valence-electron chi connectivity index (χ3n) is 12.9. The summed E-state index contributed by atoms with van der Waals surface area (Å²) in [6.07, 6.45) is 0. The maximum Gasteiger partial charge on any atom is 0.0540 e. The molecule has 294 valence electrons. The summed E-state index contributed by atoms with van der Waals surface area (Å²) in [5.74, 6) is 0. The van der Waals surface area contributed by atoms with Crippen molar-refractivity contribution in [3.05, 3.63) is 248 Å². The minimum Gasteiger partial charge on any atom is -0.309 e. The number of hydrogen-bond acceptors (Lipinski definition) is 1. The average Bonchev–Trinajstić information content (AvgIpc) is 3.57. The molecule has 11 rings (SSSR count). The first-order valence-corrected chi connectivity index (χ1v) is 21.6. The van der Waals surface area contributed by atoms with Crippen LogP contribution in [-0.2, 0) is 5.41 Å². The maximum atomic E-state index is 2.46. The first-order valence-electron chi connectivity index (χ1n) is 21.6. The third kappa shape index (κ3) is 6.51. The van der Waals surface area contributed by atoms with E-state index in [1.54, 1.807) is 0 Å². The number of para-hydroxylation sites is 2. The summed E-state index contributed by atoms with van der Waals surface area (Å²) >= 11 is 0. The summed E-state index contributed by atoms with van der Waals surface area (Å²) in [5.41, 5.74) is 20.6. The van der Waals surface area contributed by atoms with Gasteiger partial charge in [-0.2, -0.15) is 0 Å². The van der Waals surface area contributed by atoms with Gasteiger partial charge in [-0.05, 0) is 120 Å². The van der Waals surface area contributed by atoms with Gasteiger partial charge in [0.1, 0.15) is 0 Å². The maximum absolute atomic E-state index is 2.46. The fourth-order valence-corrected chi connectivity index (χ4v) is 9.75. The standard InChI is InChI=1S/C61H45N/c1-61(2)57-30-11-8-28-55(57)56-38-35-46(41-58(56)61)43-33-36-50(37-34-43)62(59-31-12-9-26-53(59)48-23-14-21-45(39-48)42-17-4-3-5-18-42)60-32-13-10-27-54(60)49-24-15-22-47(40-49)52-29-16-20-44-19-6-7-25-51(44)52/h3-41H,1-2H3. The molecule has 0 spiro atoms. The topological polar surface area (TPSA) is 3.24 Å². The molecule has 0 aromatic heterocycles. The largest absolute Gasteiger partial charge is 0.309 e. The molecule has 0 atom stereocenters. The highest BCUT2D eigenvalue weighted by atomic mass is 15.1. The van der Waals surface area contributed by atoms with Gasteiger partial charge in [0, 0.05) is 22.2 Å². The van der Waals surface area contributed by atoms with E-state index >= 15 is 0 Å². The van der Waals surface area contributed by atoms with Gasteiger partial charge in [0.25, 0.3) is 0 Å². The minimum absolute atomic E-state index is 0.0607. The van der Waals surface area contributed by atoms with Crippen molar-refractivity contribution >= 4 is 27.8 Å². The van der Waals surface area contributed by atoms with Crippen molar-refractivity contribution in [3.63, 3.8) is 0 Å². The van der Waals surface area contributed by atoms with Gasteiger partial charge in [0.15, 0.2) is 0 Å². The van der Waals surface area contributed by atoms with E-state index in [0.29, 0.717) is 0 Å². The van der Waals surface area contributed by atoms with Crippen molar-refractivity contribution in [2.75, 3.05) is 4.90 Å². The molecular formula is C61H45N. The Hall–Kier alpha value is -7.74. The molecule has 0 saturated heterocycles. The van der Waals surface area contributed by atoms with E-state index in [1.165, 1.54) is 72.0 Å². The molecule has 0 bridgehead atoms. The molecule has 0 unspecified atom stereocenters. The molecule has 10 aromatic carbocycles. The molecule has 0 amide bonds. The lowest BCUT2D eigenvalue weighted by Crippen LogP contribution is -2.14. The van der Waals surface area contributed by atoms with Crippen LogP contribution in [0.2, 0.25) is 0 Å². The second-order valence-corrected chi connectivity index (χ2v) is 16.9.